The number of H-pyrrole nitrogens is 1. The Morgan fingerprint density at radius 1 is 1.50 bits per heavy atom. The molecule has 0 aliphatic heterocycles. The van der Waals surface area contributed by atoms with Crippen LogP contribution < -0.4 is 5.32 Å². The highest BCUT2D eigenvalue weighted by Crippen LogP contribution is 2.08. The Hall–Kier alpha value is -0.680. The van der Waals surface area contributed by atoms with E-state index in [1.807, 2.05) is 20.8 Å². The quantitative estimate of drug-likeness (QED) is 0.740. The van der Waals surface area contributed by atoms with Gasteiger partial charge in [0.25, 0.3) is 0 Å². The highest BCUT2D eigenvalue weighted by molar-refractivity contribution is 7.84. The maximum absolute atomic E-state index is 11.1. The number of rotatable bonds is 6. The zero-order valence-electron chi connectivity index (χ0n) is 10.5. The molecule has 0 radical (unpaired) electrons. The molecule has 5 heteroatoms. The summed E-state index contributed by atoms with van der Waals surface area (Å²) in [4.78, 5) is 0. The van der Waals surface area contributed by atoms with Crippen molar-refractivity contribution in [2.45, 2.75) is 39.0 Å². The van der Waals surface area contributed by atoms with Crippen LogP contribution in [0.4, 0.5) is 0 Å². The van der Waals surface area contributed by atoms with Crippen LogP contribution in [0.15, 0.2) is 0 Å². The third kappa shape index (κ3) is 3.72. The highest BCUT2D eigenvalue weighted by Gasteiger charge is 2.07. The number of hydrogen-bond acceptors (Lipinski definition) is 3. The molecule has 1 aromatic heterocycles. The molecule has 0 aliphatic rings. The first-order valence-corrected chi connectivity index (χ1v) is 7.18. The van der Waals surface area contributed by atoms with Crippen LogP contribution in [-0.4, -0.2) is 32.5 Å². The molecular formula is C11H21N3OS. The summed E-state index contributed by atoms with van der Waals surface area (Å²) in [5.74, 6) is 0. The summed E-state index contributed by atoms with van der Waals surface area (Å²) in [7, 11) is -0.718. The van der Waals surface area contributed by atoms with Crippen LogP contribution in [0.1, 0.15) is 30.3 Å². The van der Waals surface area contributed by atoms with Crippen molar-refractivity contribution in [1.82, 2.24) is 15.5 Å². The van der Waals surface area contributed by atoms with Crippen LogP contribution in [0.2, 0.25) is 0 Å². The van der Waals surface area contributed by atoms with E-state index in [-0.39, 0.29) is 5.25 Å². The van der Waals surface area contributed by atoms with E-state index < -0.39 is 10.8 Å². The molecule has 1 heterocycles. The van der Waals surface area contributed by atoms with E-state index in [1.165, 1.54) is 5.56 Å². The van der Waals surface area contributed by atoms with Crippen molar-refractivity contribution < 1.29 is 4.21 Å². The smallest absolute Gasteiger partial charge is 0.0638 e. The SMILES string of the molecule is Cc1n[nH]c(C)c1CNCCC(C)S(C)=O. The van der Waals surface area contributed by atoms with E-state index in [4.69, 9.17) is 0 Å². The number of nitrogens with zero attached hydrogens (tertiary/aromatic N) is 1. The van der Waals surface area contributed by atoms with Gasteiger partial charge in [-0.15, -0.1) is 0 Å². The normalized spacial score (nSPS) is 15.0. The molecule has 0 spiro atoms. The van der Waals surface area contributed by atoms with E-state index in [9.17, 15) is 4.21 Å². The second kappa shape index (κ2) is 6.15. The van der Waals surface area contributed by atoms with Crippen molar-refractivity contribution in [3.05, 3.63) is 17.0 Å². The molecule has 1 aromatic rings. The molecule has 0 fully saturated rings. The highest BCUT2D eigenvalue weighted by atomic mass is 32.2. The van der Waals surface area contributed by atoms with Gasteiger partial charge in [-0.2, -0.15) is 5.10 Å². The Kier molecular flexibility index (Phi) is 5.15. The Bertz CT molecular complexity index is 343. The lowest BCUT2D eigenvalue weighted by molar-refractivity contribution is 0.627. The van der Waals surface area contributed by atoms with Crippen LogP contribution in [0, 0.1) is 13.8 Å². The monoisotopic (exact) mass is 243 g/mol. The zero-order valence-corrected chi connectivity index (χ0v) is 11.3. The molecule has 2 N–H and O–H groups in total. The first-order chi connectivity index (χ1) is 7.52. The molecule has 4 nitrogen and oxygen atoms in total. The molecule has 16 heavy (non-hydrogen) atoms. The van der Waals surface area contributed by atoms with Crippen LogP contribution in [-0.2, 0) is 17.3 Å². The fourth-order valence-electron chi connectivity index (χ4n) is 1.52. The minimum absolute atomic E-state index is 0.263. The molecule has 2 atom stereocenters. The number of aryl methyl sites for hydroxylation is 2. The molecule has 0 aromatic carbocycles. The van der Waals surface area contributed by atoms with Gasteiger partial charge in [0.2, 0.25) is 0 Å². The van der Waals surface area contributed by atoms with Crippen molar-refractivity contribution in [3.8, 4) is 0 Å². The van der Waals surface area contributed by atoms with Gasteiger partial charge < -0.3 is 5.32 Å². The number of nitrogens with one attached hydrogen (secondary N) is 2. The maximum atomic E-state index is 11.1. The largest absolute Gasteiger partial charge is 0.312 e. The molecule has 0 saturated carbocycles. The Labute approximate surface area is 99.7 Å². The molecule has 2 unspecified atom stereocenters. The molecule has 1 rings (SSSR count). The fourth-order valence-corrected chi connectivity index (χ4v) is 1.97. The summed E-state index contributed by atoms with van der Waals surface area (Å²) >= 11 is 0. The Morgan fingerprint density at radius 2 is 2.19 bits per heavy atom. The second-order valence-corrected chi connectivity index (χ2v) is 5.99. The molecule has 0 aliphatic carbocycles. The van der Waals surface area contributed by atoms with Crippen LogP contribution in [0.5, 0.6) is 0 Å². The lowest BCUT2D eigenvalue weighted by Gasteiger charge is -2.09. The van der Waals surface area contributed by atoms with Crippen LogP contribution in [0.3, 0.4) is 0 Å². The standard InChI is InChI=1S/C11H21N3OS/c1-8(16(4)15)5-6-12-7-11-9(2)13-14-10(11)3/h8,12H,5-7H2,1-4H3,(H,13,14). The summed E-state index contributed by atoms with van der Waals surface area (Å²) in [6.07, 6.45) is 2.70. The number of aromatic amines is 1. The van der Waals surface area contributed by atoms with Gasteiger partial charge in [0.15, 0.2) is 0 Å². The van der Waals surface area contributed by atoms with Gasteiger partial charge in [-0.25, -0.2) is 0 Å². The third-order valence-electron chi connectivity index (χ3n) is 2.88. The van der Waals surface area contributed by atoms with Gasteiger partial charge >= 0.3 is 0 Å². The van der Waals surface area contributed by atoms with Crippen molar-refractivity contribution in [2.24, 2.45) is 0 Å². The minimum Gasteiger partial charge on any atom is -0.312 e. The van der Waals surface area contributed by atoms with Gasteiger partial charge in [0.05, 0.1) is 5.69 Å². The fraction of sp³-hybridized carbons (Fsp3) is 0.727. The summed E-state index contributed by atoms with van der Waals surface area (Å²) in [5.41, 5.74) is 3.42. The van der Waals surface area contributed by atoms with Gasteiger partial charge in [-0.1, -0.05) is 6.92 Å². The van der Waals surface area contributed by atoms with Crippen molar-refractivity contribution >= 4 is 10.8 Å². The maximum Gasteiger partial charge on any atom is 0.0638 e. The molecular weight excluding hydrogens is 222 g/mol. The van der Waals surface area contributed by atoms with E-state index in [1.54, 1.807) is 6.26 Å². The number of hydrogen-bond donors (Lipinski definition) is 2. The Morgan fingerprint density at radius 3 is 2.69 bits per heavy atom. The minimum atomic E-state index is -0.718. The average Bonchev–Trinajstić information content (AvgIpc) is 2.54. The van der Waals surface area contributed by atoms with Crippen molar-refractivity contribution in [1.29, 1.82) is 0 Å². The molecule has 92 valence electrons. The van der Waals surface area contributed by atoms with Crippen molar-refractivity contribution in [3.63, 3.8) is 0 Å². The van der Waals surface area contributed by atoms with Gasteiger partial charge in [0.1, 0.15) is 0 Å². The van der Waals surface area contributed by atoms with E-state index in [0.29, 0.717) is 0 Å². The van der Waals surface area contributed by atoms with Gasteiger partial charge in [0, 0.05) is 40.1 Å². The summed E-state index contributed by atoms with van der Waals surface area (Å²) in [6, 6.07) is 0. The van der Waals surface area contributed by atoms with Crippen LogP contribution >= 0.6 is 0 Å². The second-order valence-electron chi connectivity index (χ2n) is 4.19. The van der Waals surface area contributed by atoms with E-state index >= 15 is 0 Å². The molecule has 0 saturated heterocycles. The van der Waals surface area contributed by atoms with Crippen molar-refractivity contribution in [2.75, 3.05) is 12.8 Å². The first-order valence-electron chi connectivity index (χ1n) is 5.55. The third-order valence-corrected chi connectivity index (χ3v) is 4.25. The number of aromatic nitrogens is 2. The van der Waals surface area contributed by atoms with E-state index in [2.05, 4.69) is 15.5 Å². The topological polar surface area (TPSA) is 57.8 Å². The zero-order chi connectivity index (χ0) is 12.1. The molecule has 0 amide bonds. The average molecular weight is 243 g/mol. The predicted octanol–water partition coefficient (Wildman–Crippen LogP) is 1.27. The van der Waals surface area contributed by atoms with Gasteiger partial charge in [-0.3, -0.25) is 9.31 Å². The predicted molar refractivity (Wildman–Crippen MR) is 67.9 cm³/mol. The van der Waals surface area contributed by atoms with Crippen LogP contribution in [0.25, 0.3) is 0 Å². The summed E-state index contributed by atoms with van der Waals surface area (Å²) < 4.78 is 11.1. The molecule has 0 bridgehead atoms. The summed E-state index contributed by atoms with van der Waals surface area (Å²) in [6.45, 7) is 7.78. The first kappa shape index (κ1) is 13.4. The van der Waals surface area contributed by atoms with Gasteiger partial charge in [-0.05, 0) is 26.8 Å². The van der Waals surface area contributed by atoms with E-state index in [0.717, 1.165) is 30.9 Å². The summed E-state index contributed by atoms with van der Waals surface area (Å²) in [5, 5.41) is 10.7. The lowest BCUT2D eigenvalue weighted by atomic mass is 10.2. The Balaban J connectivity index is 2.29. The lowest BCUT2D eigenvalue weighted by Crippen LogP contribution is -2.21.